The van der Waals surface area contributed by atoms with Crippen molar-refractivity contribution in [2.75, 3.05) is 39.3 Å². The summed E-state index contributed by atoms with van der Waals surface area (Å²) in [6.07, 6.45) is 7.22. The molecule has 0 spiro atoms. The highest BCUT2D eigenvalue weighted by atomic mass is 16.2. The van der Waals surface area contributed by atoms with Gasteiger partial charge in [0.25, 0.3) is 0 Å². The predicted octanol–water partition coefficient (Wildman–Crippen LogP) is 0.803. The van der Waals surface area contributed by atoms with Crippen LogP contribution in [-0.2, 0) is 9.59 Å². The van der Waals surface area contributed by atoms with E-state index in [0.717, 1.165) is 58.2 Å². The van der Waals surface area contributed by atoms with Gasteiger partial charge in [-0.25, -0.2) is 0 Å². The van der Waals surface area contributed by atoms with E-state index in [9.17, 15) is 9.59 Å². The number of piperidine rings is 1. The summed E-state index contributed by atoms with van der Waals surface area (Å²) in [5.74, 6) is 0.365. The molecule has 1 atom stereocenters. The molecule has 0 radical (unpaired) electrons. The van der Waals surface area contributed by atoms with Crippen molar-refractivity contribution in [3.8, 4) is 0 Å². The summed E-state index contributed by atoms with van der Waals surface area (Å²) in [7, 11) is 0. The minimum Gasteiger partial charge on any atom is -0.339 e. The van der Waals surface area contributed by atoms with Gasteiger partial charge in [0, 0.05) is 38.8 Å². The van der Waals surface area contributed by atoms with Gasteiger partial charge < -0.3 is 15.5 Å². The molecule has 1 aliphatic carbocycles. The minimum atomic E-state index is -0.624. The van der Waals surface area contributed by atoms with E-state index in [1.165, 1.54) is 6.42 Å². The average Bonchev–Trinajstić information content (AvgIpc) is 3.03. The maximum atomic E-state index is 12.6. The second kappa shape index (κ2) is 7.40. The van der Waals surface area contributed by atoms with Crippen LogP contribution in [0, 0.1) is 0 Å². The number of likely N-dealkylation sites (tertiary alicyclic amines) is 1. The number of hydrogen-bond donors (Lipinski definition) is 1. The fourth-order valence-corrected chi connectivity index (χ4v) is 4.39. The van der Waals surface area contributed by atoms with Crippen molar-refractivity contribution >= 4 is 11.8 Å². The van der Waals surface area contributed by atoms with E-state index in [1.54, 1.807) is 0 Å². The minimum absolute atomic E-state index is 0.121. The molecule has 2 amide bonds. The summed E-state index contributed by atoms with van der Waals surface area (Å²) in [4.78, 5) is 31.3. The number of rotatable bonds is 3. The van der Waals surface area contributed by atoms with Crippen molar-refractivity contribution in [3.63, 3.8) is 0 Å². The molecule has 2 N–H and O–H groups in total. The van der Waals surface area contributed by atoms with E-state index in [1.807, 2.05) is 9.80 Å². The number of hydrogen-bond acceptors (Lipinski definition) is 4. The number of carbonyl (C=O) groups is 2. The molecule has 0 bridgehead atoms. The number of carbonyl (C=O) groups excluding carboxylic acids is 2. The van der Waals surface area contributed by atoms with Crippen LogP contribution in [0.5, 0.6) is 0 Å². The first-order valence-corrected chi connectivity index (χ1v) is 9.60. The molecule has 0 aromatic carbocycles. The molecule has 1 saturated carbocycles. The van der Waals surface area contributed by atoms with Crippen LogP contribution in [0.1, 0.15) is 51.9 Å². The topological polar surface area (TPSA) is 69.9 Å². The van der Waals surface area contributed by atoms with Crippen LogP contribution < -0.4 is 5.73 Å². The van der Waals surface area contributed by atoms with Crippen molar-refractivity contribution in [1.29, 1.82) is 0 Å². The van der Waals surface area contributed by atoms with Crippen LogP contribution in [0.15, 0.2) is 0 Å². The van der Waals surface area contributed by atoms with Crippen LogP contribution in [0.4, 0.5) is 0 Å². The van der Waals surface area contributed by atoms with Gasteiger partial charge >= 0.3 is 0 Å². The molecule has 24 heavy (non-hydrogen) atoms. The van der Waals surface area contributed by atoms with E-state index in [2.05, 4.69) is 11.8 Å². The zero-order valence-corrected chi connectivity index (χ0v) is 15.0. The molecule has 3 aliphatic rings. The van der Waals surface area contributed by atoms with Gasteiger partial charge in [-0.1, -0.05) is 12.8 Å². The Morgan fingerprint density at radius 3 is 2.29 bits per heavy atom. The molecule has 0 aromatic heterocycles. The zero-order chi connectivity index (χ0) is 17.2. The fourth-order valence-electron chi connectivity index (χ4n) is 4.39. The van der Waals surface area contributed by atoms with Gasteiger partial charge in [0.05, 0.1) is 12.1 Å². The number of nitrogens with zero attached hydrogens (tertiary/aromatic N) is 3. The highest BCUT2D eigenvalue weighted by molar-refractivity contribution is 5.86. The van der Waals surface area contributed by atoms with Crippen molar-refractivity contribution in [1.82, 2.24) is 14.7 Å². The Morgan fingerprint density at radius 2 is 1.67 bits per heavy atom. The molecule has 3 fully saturated rings. The lowest BCUT2D eigenvalue weighted by Gasteiger charge is -2.40. The van der Waals surface area contributed by atoms with Crippen molar-refractivity contribution in [2.45, 2.75) is 63.5 Å². The summed E-state index contributed by atoms with van der Waals surface area (Å²) < 4.78 is 0. The Morgan fingerprint density at radius 1 is 1.00 bits per heavy atom. The van der Waals surface area contributed by atoms with Gasteiger partial charge in [-0.2, -0.15) is 0 Å². The highest BCUT2D eigenvalue weighted by Gasteiger charge is 2.40. The lowest BCUT2D eigenvalue weighted by atomic mass is 9.97. The maximum absolute atomic E-state index is 12.6. The second-order valence-corrected chi connectivity index (χ2v) is 7.86. The summed E-state index contributed by atoms with van der Waals surface area (Å²) in [5, 5.41) is 0. The molecule has 2 heterocycles. The van der Waals surface area contributed by atoms with Crippen LogP contribution >= 0.6 is 0 Å². The first-order chi connectivity index (χ1) is 11.5. The van der Waals surface area contributed by atoms with Crippen LogP contribution in [0.25, 0.3) is 0 Å². The van der Waals surface area contributed by atoms with Crippen LogP contribution in [-0.4, -0.2) is 77.4 Å². The molecular weight excluding hydrogens is 304 g/mol. The quantitative estimate of drug-likeness (QED) is 0.828. The SMILES string of the molecule is CC1CCCCN1C(=O)CN1CCN(C(=O)C2(N)CCCC2)CC1. The van der Waals surface area contributed by atoms with E-state index in [0.29, 0.717) is 25.7 Å². The third-order valence-electron chi connectivity index (χ3n) is 6.06. The number of nitrogens with two attached hydrogens (primary N) is 1. The maximum Gasteiger partial charge on any atom is 0.242 e. The first kappa shape index (κ1) is 17.7. The van der Waals surface area contributed by atoms with E-state index in [4.69, 9.17) is 5.73 Å². The molecule has 2 aliphatic heterocycles. The van der Waals surface area contributed by atoms with Crippen molar-refractivity contribution in [2.24, 2.45) is 5.73 Å². The first-order valence-electron chi connectivity index (χ1n) is 9.60. The lowest BCUT2D eigenvalue weighted by Crippen LogP contribution is -2.59. The monoisotopic (exact) mass is 336 g/mol. The van der Waals surface area contributed by atoms with E-state index < -0.39 is 5.54 Å². The Bertz CT molecular complexity index is 468. The van der Waals surface area contributed by atoms with Crippen LogP contribution in [0.2, 0.25) is 0 Å². The Labute approximate surface area is 145 Å². The number of amides is 2. The standard InChI is InChI=1S/C18H32N4O2/c1-15-6-2-5-9-22(15)16(23)14-20-10-12-21(13-11-20)17(24)18(19)7-3-4-8-18/h15H,2-14,19H2,1H3. The van der Waals surface area contributed by atoms with Gasteiger partial charge in [-0.05, 0) is 39.0 Å². The van der Waals surface area contributed by atoms with Gasteiger partial charge in [-0.3, -0.25) is 14.5 Å². The molecular formula is C18H32N4O2. The highest BCUT2D eigenvalue weighted by Crippen LogP contribution is 2.29. The summed E-state index contributed by atoms with van der Waals surface area (Å²) >= 11 is 0. The molecule has 136 valence electrons. The zero-order valence-electron chi connectivity index (χ0n) is 15.0. The third-order valence-corrected chi connectivity index (χ3v) is 6.06. The molecule has 6 nitrogen and oxygen atoms in total. The van der Waals surface area contributed by atoms with Gasteiger partial charge in [0.1, 0.15) is 0 Å². The van der Waals surface area contributed by atoms with Gasteiger partial charge in [0.2, 0.25) is 11.8 Å². The molecule has 6 heteroatoms. The Balaban J connectivity index is 1.46. The van der Waals surface area contributed by atoms with Crippen molar-refractivity contribution in [3.05, 3.63) is 0 Å². The third kappa shape index (κ3) is 3.75. The van der Waals surface area contributed by atoms with Crippen LogP contribution in [0.3, 0.4) is 0 Å². The Hall–Kier alpha value is -1.14. The lowest BCUT2D eigenvalue weighted by molar-refractivity contribution is -0.140. The molecule has 2 saturated heterocycles. The Kier molecular flexibility index (Phi) is 5.45. The summed E-state index contributed by atoms with van der Waals surface area (Å²) in [6.45, 7) is 6.47. The molecule has 0 aromatic rings. The number of piperazine rings is 1. The largest absolute Gasteiger partial charge is 0.339 e. The van der Waals surface area contributed by atoms with E-state index in [-0.39, 0.29) is 11.8 Å². The normalized spacial score (nSPS) is 28.2. The van der Waals surface area contributed by atoms with E-state index >= 15 is 0 Å². The van der Waals surface area contributed by atoms with Gasteiger partial charge in [0.15, 0.2) is 0 Å². The smallest absolute Gasteiger partial charge is 0.242 e. The summed E-state index contributed by atoms with van der Waals surface area (Å²) in [5.41, 5.74) is 5.67. The molecule has 1 unspecified atom stereocenters. The fraction of sp³-hybridized carbons (Fsp3) is 0.889. The van der Waals surface area contributed by atoms with Crippen molar-refractivity contribution < 1.29 is 9.59 Å². The molecule has 3 rings (SSSR count). The average molecular weight is 336 g/mol. The summed E-state index contributed by atoms with van der Waals surface area (Å²) in [6, 6.07) is 0.369. The van der Waals surface area contributed by atoms with Gasteiger partial charge in [-0.15, -0.1) is 0 Å². The predicted molar refractivity (Wildman–Crippen MR) is 93.4 cm³/mol. The second-order valence-electron chi connectivity index (χ2n) is 7.86.